The number of nitrogens with zero attached hydrogens (tertiary/aromatic N) is 3. The molecule has 1 aromatic heterocycles. The SMILES string of the molecule is CC(C)c1c2c(nn1CC1CO1)C(=O)N1C2c2ccc(Cl)cc2C2=C(Cl)C=CC(C)C21. The van der Waals surface area contributed by atoms with Crippen molar-refractivity contribution in [1.82, 2.24) is 14.7 Å². The fourth-order valence-corrected chi connectivity index (χ4v) is 5.98. The van der Waals surface area contributed by atoms with Gasteiger partial charge in [0.25, 0.3) is 5.91 Å². The molecular formula is C24H23Cl2N3O2. The largest absolute Gasteiger partial charge is 0.371 e. The van der Waals surface area contributed by atoms with Crippen molar-refractivity contribution in [3.63, 3.8) is 0 Å². The number of amides is 1. The lowest BCUT2D eigenvalue weighted by atomic mass is 9.76. The second kappa shape index (κ2) is 6.71. The van der Waals surface area contributed by atoms with Crippen molar-refractivity contribution >= 4 is 34.7 Å². The Morgan fingerprint density at radius 2 is 2.06 bits per heavy atom. The van der Waals surface area contributed by atoms with Crippen LogP contribution in [-0.2, 0) is 11.3 Å². The van der Waals surface area contributed by atoms with E-state index in [-0.39, 0.29) is 35.9 Å². The molecule has 0 radical (unpaired) electrons. The average Bonchev–Trinajstić information content (AvgIpc) is 3.39. The van der Waals surface area contributed by atoms with Gasteiger partial charge in [-0.25, -0.2) is 0 Å². The van der Waals surface area contributed by atoms with Crippen LogP contribution >= 0.6 is 23.2 Å². The maximum absolute atomic E-state index is 13.8. The summed E-state index contributed by atoms with van der Waals surface area (Å²) in [6.07, 6.45) is 4.22. The topological polar surface area (TPSA) is 50.7 Å². The molecule has 0 saturated carbocycles. The summed E-state index contributed by atoms with van der Waals surface area (Å²) in [6, 6.07) is 5.60. The molecule has 5 nitrogen and oxygen atoms in total. The summed E-state index contributed by atoms with van der Waals surface area (Å²) in [5.41, 5.74) is 5.79. The highest BCUT2D eigenvalue weighted by Crippen LogP contribution is 2.54. The van der Waals surface area contributed by atoms with Crippen LogP contribution in [-0.4, -0.2) is 39.3 Å². The fraction of sp³-hybridized carbons (Fsp3) is 0.417. The second-order valence-corrected chi connectivity index (χ2v) is 10.1. The molecule has 1 saturated heterocycles. The van der Waals surface area contributed by atoms with E-state index in [1.165, 1.54) is 0 Å². The van der Waals surface area contributed by atoms with E-state index in [4.69, 9.17) is 33.0 Å². The quantitative estimate of drug-likeness (QED) is 0.601. The van der Waals surface area contributed by atoms with Gasteiger partial charge in [0, 0.05) is 26.9 Å². The summed E-state index contributed by atoms with van der Waals surface area (Å²) in [7, 11) is 0. The number of benzene rings is 1. The predicted molar refractivity (Wildman–Crippen MR) is 120 cm³/mol. The molecule has 160 valence electrons. The molecule has 6 rings (SSSR count). The van der Waals surface area contributed by atoms with Crippen LogP contribution in [0.25, 0.3) is 5.57 Å². The van der Waals surface area contributed by atoms with Crippen molar-refractivity contribution in [2.45, 2.75) is 51.4 Å². The van der Waals surface area contributed by atoms with E-state index in [2.05, 4.69) is 26.8 Å². The minimum absolute atomic E-state index is 0.0212. The number of hydrogen-bond donors (Lipinski definition) is 0. The molecule has 4 unspecified atom stereocenters. The first-order valence-electron chi connectivity index (χ1n) is 10.8. The van der Waals surface area contributed by atoms with Gasteiger partial charge in [-0.2, -0.15) is 5.10 Å². The first-order chi connectivity index (χ1) is 14.9. The number of halogens is 2. The van der Waals surface area contributed by atoms with Crippen LogP contribution in [0.3, 0.4) is 0 Å². The molecule has 7 heteroatoms. The standard InChI is InChI=1S/C24H23Cl2N3O2/c1-11(2)21-19-20(27-28(21)9-14-10-31-14)24(30)29-22-12(3)4-7-17(26)18(22)16-8-13(25)5-6-15(16)23(19)29/h4-8,11-12,14,22-23H,9-10H2,1-3H3. The number of ether oxygens (including phenoxy) is 1. The summed E-state index contributed by atoms with van der Waals surface area (Å²) in [6.45, 7) is 7.90. The van der Waals surface area contributed by atoms with E-state index in [1.807, 2.05) is 33.9 Å². The second-order valence-electron chi connectivity index (χ2n) is 9.21. The summed E-state index contributed by atoms with van der Waals surface area (Å²) >= 11 is 13.1. The van der Waals surface area contributed by atoms with Gasteiger partial charge < -0.3 is 9.64 Å². The van der Waals surface area contributed by atoms with E-state index in [1.54, 1.807) is 0 Å². The van der Waals surface area contributed by atoms with Gasteiger partial charge in [-0.15, -0.1) is 0 Å². The summed E-state index contributed by atoms with van der Waals surface area (Å²) in [4.78, 5) is 15.8. The number of rotatable bonds is 3. The lowest BCUT2D eigenvalue weighted by Gasteiger charge is -2.45. The molecule has 4 heterocycles. The Labute approximate surface area is 191 Å². The molecule has 0 bridgehead atoms. The highest BCUT2D eigenvalue weighted by atomic mass is 35.5. The number of carbonyl (C=O) groups excluding carboxylic acids is 1. The highest BCUT2D eigenvalue weighted by Gasteiger charge is 2.53. The Morgan fingerprint density at radius 3 is 2.77 bits per heavy atom. The van der Waals surface area contributed by atoms with Crippen molar-refractivity contribution in [1.29, 1.82) is 0 Å². The molecule has 4 atom stereocenters. The number of allylic oxidation sites excluding steroid dienone is 2. The Bertz CT molecular complexity index is 1190. The Balaban J connectivity index is 1.62. The van der Waals surface area contributed by atoms with Crippen molar-refractivity contribution in [2.24, 2.45) is 5.92 Å². The van der Waals surface area contributed by atoms with Crippen LogP contribution < -0.4 is 0 Å². The Morgan fingerprint density at radius 1 is 1.29 bits per heavy atom. The van der Waals surface area contributed by atoms with Crippen LogP contribution in [0.15, 0.2) is 35.4 Å². The molecule has 1 fully saturated rings. The zero-order valence-electron chi connectivity index (χ0n) is 17.6. The van der Waals surface area contributed by atoms with Gasteiger partial charge in [-0.05, 0) is 41.2 Å². The van der Waals surface area contributed by atoms with E-state index >= 15 is 0 Å². The van der Waals surface area contributed by atoms with E-state index in [9.17, 15) is 4.79 Å². The molecule has 2 aromatic rings. The first-order valence-corrected chi connectivity index (χ1v) is 11.5. The zero-order valence-corrected chi connectivity index (χ0v) is 19.1. The van der Waals surface area contributed by atoms with Crippen molar-refractivity contribution in [3.8, 4) is 0 Å². The van der Waals surface area contributed by atoms with Crippen LogP contribution in [0.4, 0.5) is 0 Å². The number of hydrogen-bond acceptors (Lipinski definition) is 3. The molecule has 1 amide bonds. The third-order valence-electron chi connectivity index (χ3n) is 6.84. The van der Waals surface area contributed by atoms with Gasteiger partial charge in [0.15, 0.2) is 5.69 Å². The van der Waals surface area contributed by atoms with Gasteiger partial charge in [0.05, 0.1) is 25.2 Å². The Hall–Kier alpha value is -2.08. The van der Waals surface area contributed by atoms with Crippen LogP contribution in [0.5, 0.6) is 0 Å². The molecule has 3 aliphatic heterocycles. The molecule has 4 aliphatic rings. The highest BCUT2D eigenvalue weighted by molar-refractivity contribution is 6.35. The number of carbonyl (C=O) groups is 1. The van der Waals surface area contributed by atoms with Gasteiger partial charge in [-0.3, -0.25) is 9.48 Å². The molecule has 31 heavy (non-hydrogen) atoms. The van der Waals surface area contributed by atoms with Gasteiger partial charge in [0.1, 0.15) is 6.10 Å². The van der Waals surface area contributed by atoms with E-state index in [0.29, 0.717) is 22.3 Å². The van der Waals surface area contributed by atoms with E-state index < -0.39 is 0 Å². The van der Waals surface area contributed by atoms with Crippen molar-refractivity contribution < 1.29 is 9.53 Å². The predicted octanol–water partition coefficient (Wildman–Crippen LogP) is 5.14. The van der Waals surface area contributed by atoms with Crippen LogP contribution in [0, 0.1) is 5.92 Å². The fourth-order valence-electron chi connectivity index (χ4n) is 5.52. The van der Waals surface area contributed by atoms with Crippen LogP contribution in [0.1, 0.15) is 65.6 Å². The third kappa shape index (κ3) is 2.73. The molecule has 1 aliphatic carbocycles. The smallest absolute Gasteiger partial charge is 0.276 e. The summed E-state index contributed by atoms with van der Waals surface area (Å²) in [5, 5.41) is 6.16. The lowest BCUT2D eigenvalue weighted by molar-refractivity contribution is 0.0660. The van der Waals surface area contributed by atoms with E-state index in [0.717, 1.165) is 34.6 Å². The van der Waals surface area contributed by atoms with Gasteiger partial charge in [0.2, 0.25) is 0 Å². The van der Waals surface area contributed by atoms with Crippen molar-refractivity contribution in [2.75, 3.05) is 6.61 Å². The zero-order chi connectivity index (χ0) is 21.6. The molecule has 0 spiro atoms. The average molecular weight is 456 g/mol. The minimum atomic E-state index is -0.187. The summed E-state index contributed by atoms with van der Waals surface area (Å²) < 4.78 is 7.45. The first kappa shape index (κ1) is 19.6. The molecule has 0 N–H and O–H groups in total. The van der Waals surface area contributed by atoms with Crippen LogP contribution in [0.2, 0.25) is 5.02 Å². The number of aromatic nitrogens is 2. The maximum atomic E-state index is 13.8. The molecule has 1 aromatic carbocycles. The Kier molecular flexibility index (Phi) is 4.24. The summed E-state index contributed by atoms with van der Waals surface area (Å²) in [5.74, 6) is 0.337. The number of fused-ring (bicyclic) bond motifs is 8. The monoisotopic (exact) mass is 455 g/mol. The normalized spacial score (nSPS) is 28.1. The van der Waals surface area contributed by atoms with Gasteiger partial charge >= 0.3 is 0 Å². The maximum Gasteiger partial charge on any atom is 0.276 e. The lowest BCUT2D eigenvalue weighted by Crippen LogP contribution is -2.47. The third-order valence-corrected chi connectivity index (χ3v) is 7.41. The molecular weight excluding hydrogens is 433 g/mol. The number of epoxide rings is 1. The van der Waals surface area contributed by atoms with Crippen molar-refractivity contribution in [3.05, 3.63) is 68.5 Å². The minimum Gasteiger partial charge on any atom is -0.371 e. The van der Waals surface area contributed by atoms with Gasteiger partial charge in [-0.1, -0.05) is 56.1 Å².